The number of anilines is 1. The lowest BCUT2D eigenvalue weighted by molar-refractivity contribution is -0.115. The number of hydrogen-bond donors (Lipinski definition) is 1. The fourth-order valence-corrected chi connectivity index (χ4v) is 2.98. The maximum atomic E-state index is 12.1. The highest BCUT2D eigenvalue weighted by atomic mass is 32.1. The minimum atomic E-state index is -0.0721. The Hall–Kier alpha value is -2.66. The van der Waals surface area contributed by atoms with Crippen LogP contribution in [0.3, 0.4) is 0 Å². The number of hydrogen-bond acceptors (Lipinski definition) is 4. The van der Waals surface area contributed by atoms with Crippen LogP contribution in [0.2, 0.25) is 0 Å². The quantitative estimate of drug-likeness (QED) is 0.772. The molecule has 1 amide bonds. The second-order valence-electron chi connectivity index (χ2n) is 4.95. The van der Waals surface area contributed by atoms with Gasteiger partial charge in [0.1, 0.15) is 5.75 Å². The molecule has 3 aromatic rings. The first-order chi connectivity index (χ1) is 11.3. The number of nitrogens with one attached hydrogen (secondary N) is 1. The van der Waals surface area contributed by atoms with Gasteiger partial charge in [-0.1, -0.05) is 42.5 Å². The molecular formula is C18H16N2O2S. The summed E-state index contributed by atoms with van der Waals surface area (Å²) in [7, 11) is 1.63. The van der Waals surface area contributed by atoms with Crippen molar-refractivity contribution in [1.29, 1.82) is 0 Å². The molecule has 23 heavy (non-hydrogen) atoms. The molecule has 0 radical (unpaired) electrons. The van der Waals surface area contributed by atoms with Crippen LogP contribution in [0, 0.1) is 0 Å². The lowest BCUT2D eigenvalue weighted by Crippen LogP contribution is -2.14. The molecule has 0 bridgehead atoms. The standard InChI is InChI=1S/C18H16N2O2S/c1-22-16-10-6-5-9-14(16)15-12-23-18(19-15)20-17(21)11-13-7-3-2-4-8-13/h2-10,12H,11H2,1H3,(H,19,20,21). The number of para-hydroxylation sites is 1. The SMILES string of the molecule is COc1ccccc1-c1csc(NC(=O)Cc2ccccc2)n1. The molecule has 0 aliphatic rings. The van der Waals surface area contributed by atoms with E-state index in [1.54, 1.807) is 7.11 Å². The number of rotatable bonds is 5. The highest BCUT2D eigenvalue weighted by Gasteiger charge is 2.11. The Morgan fingerprint density at radius 2 is 1.87 bits per heavy atom. The summed E-state index contributed by atoms with van der Waals surface area (Å²) in [5.74, 6) is 0.692. The van der Waals surface area contributed by atoms with Crippen LogP contribution in [-0.2, 0) is 11.2 Å². The highest BCUT2D eigenvalue weighted by molar-refractivity contribution is 7.14. The van der Waals surface area contributed by atoms with E-state index in [0.717, 1.165) is 22.6 Å². The predicted octanol–water partition coefficient (Wildman–Crippen LogP) is 4.00. The molecule has 1 aromatic heterocycles. The van der Waals surface area contributed by atoms with Gasteiger partial charge in [-0.25, -0.2) is 4.98 Å². The van der Waals surface area contributed by atoms with E-state index in [0.29, 0.717) is 11.6 Å². The van der Waals surface area contributed by atoms with E-state index in [1.807, 2.05) is 60.0 Å². The van der Waals surface area contributed by atoms with Gasteiger partial charge in [-0.3, -0.25) is 4.79 Å². The van der Waals surface area contributed by atoms with E-state index in [-0.39, 0.29) is 5.91 Å². The monoisotopic (exact) mass is 324 g/mol. The number of methoxy groups -OCH3 is 1. The van der Waals surface area contributed by atoms with Crippen LogP contribution in [0.25, 0.3) is 11.3 Å². The third-order valence-electron chi connectivity index (χ3n) is 3.34. The van der Waals surface area contributed by atoms with E-state index >= 15 is 0 Å². The second-order valence-corrected chi connectivity index (χ2v) is 5.81. The van der Waals surface area contributed by atoms with E-state index in [9.17, 15) is 4.79 Å². The second kappa shape index (κ2) is 7.07. The minimum Gasteiger partial charge on any atom is -0.496 e. The Morgan fingerprint density at radius 3 is 2.65 bits per heavy atom. The topological polar surface area (TPSA) is 51.2 Å². The van der Waals surface area contributed by atoms with Crippen LogP contribution < -0.4 is 10.1 Å². The molecule has 2 aromatic carbocycles. The lowest BCUT2D eigenvalue weighted by atomic mass is 10.1. The van der Waals surface area contributed by atoms with Crippen molar-refractivity contribution < 1.29 is 9.53 Å². The van der Waals surface area contributed by atoms with Crippen molar-refractivity contribution in [2.45, 2.75) is 6.42 Å². The fourth-order valence-electron chi connectivity index (χ4n) is 2.26. The third kappa shape index (κ3) is 3.76. The third-order valence-corrected chi connectivity index (χ3v) is 4.10. The maximum Gasteiger partial charge on any atom is 0.230 e. The van der Waals surface area contributed by atoms with Gasteiger partial charge in [-0.2, -0.15) is 0 Å². The summed E-state index contributed by atoms with van der Waals surface area (Å²) in [5, 5.41) is 5.35. The van der Waals surface area contributed by atoms with Gasteiger partial charge in [0.15, 0.2) is 5.13 Å². The summed E-state index contributed by atoms with van der Waals surface area (Å²) in [4.78, 5) is 16.6. The zero-order valence-corrected chi connectivity index (χ0v) is 13.5. The summed E-state index contributed by atoms with van der Waals surface area (Å²) in [6.07, 6.45) is 0.338. The molecular weight excluding hydrogens is 308 g/mol. The van der Waals surface area contributed by atoms with Crippen LogP contribution in [0.5, 0.6) is 5.75 Å². The van der Waals surface area contributed by atoms with E-state index in [1.165, 1.54) is 11.3 Å². The van der Waals surface area contributed by atoms with Crippen LogP contribution in [0.15, 0.2) is 60.0 Å². The number of benzene rings is 2. The van der Waals surface area contributed by atoms with E-state index < -0.39 is 0 Å². The largest absolute Gasteiger partial charge is 0.496 e. The summed E-state index contributed by atoms with van der Waals surface area (Å²) < 4.78 is 5.35. The molecule has 0 aliphatic carbocycles. The summed E-state index contributed by atoms with van der Waals surface area (Å²) in [6.45, 7) is 0. The molecule has 0 saturated carbocycles. The molecule has 0 atom stereocenters. The number of carbonyl (C=O) groups is 1. The van der Waals surface area contributed by atoms with Crippen molar-refractivity contribution in [3.63, 3.8) is 0 Å². The van der Waals surface area contributed by atoms with Gasteiger partial charge >= 0.3 is 0 Å². The van der Waals surface area contributed by atoms with E-state index in [2.05, 4.69) is 10.3 Å². The highest BCUT2D eigenvalue weighted by Crippen LogP contribution is 2.31. The Bertz CT molecular complexity index is 800. The maximum absolute atomic E-state index is 12.1. The fraction of sp³-hybridized carbons (Fsp3) is 0.111. The Kier molecular flexibility index (Phi) is 4.68. The van der Waals surface area contributed by atoms with Crippen LogP contribution in [0.4, 0.5) is 5.13 Å². The Labute approximate surface area is 138 Å². The van der Waals surface area contributed by atoms with Crippen LogP contribution in [-0.4, -0.2) is 18.0 Å². The predicted molar refractivity (Wildman–Crippen MR) is 92.9 cm³/mol. The molecule has 5 heteroatoms. The molecule has 1 heterocycles. The Balaban J connectivity index is 1.71. The van der Waals surface area contributed by atoms with Crippen LogP contribution in [0.1, 0.15) is 5.56 Å². The first-order valence-electron chi connectivity index (χ1n) is 7.19. The number of carbonyl (C=O) groups excluding carboxylic acids is 1. The first-order valence-corrected chi connectivity index (χ1v) is 8.07. The molecule has 0 aliphatic heterocycles. The van der Waals surface area contributed by atoms with Crippen LogP contribution >= 0.6 is 11.3 Å². The average Bonchev–Trinajstić information content (AvgIpc) is 3.03. The van der Waals surface area contributed by atoms with Crippen molar-refractivity contribution in [3.05, 3.63) is 65.5 Å². The lowest BCUT2D eigenvalue weighted by Gasteiger charge is -2.05. The van der Waals surface area contributed by atoms with Gasteiger partial charge < -0.3 is 10.1 Å². The molecule has 4 nitrogen and oxygen atoms in total. The van der Waals surface area contributed by atoms with Gasteiger partial charge in [-0.15, -0.1) is 11.3 Å². The van der Waals surface area contributed by atoms with E-state index in [4.69, 9.17) is 4.74 Å². The van der Waals surface area contributed by atoms with Crippen molar-refractivity contribution >= 4 is 22.4 Å². The molecule has 1 N–H and O–H groups in total. The number of thiazole rings is 1. The van der Waals surface area contributed by atoms with Crippen molar-refractivity contribution in [1.82, 2.24) is 4.98 Å². The molecule has 0 fully saturated rings. The minimum absolute atomic E-state index is 0.0721. The van der Waals surface area contributed by atoms with Gasteiger partial charge in [0, 0.05) is 10.9 Å². The van der Waals surface area contributed by atoms with Gasteiger partial charge in [-0.05, 0) is 17.7 Å². The molecule has 0 saturated heterocycles. The van der Waals surface area contributed by atoms with Crippen molar-refractivity contribution in [2.24, 2.45) is 0 Å². The number of ether oxygens (including phenoxy) is 1. The van der Waals surface area contributed by atoms with Gasteiger partial charge in [0.25, 0.3) is 0 Å². The zero-order valence-electron chi connectivity index (χ0n) is 12.7. The molecule has 0 unspecified atom stereocenters. The number of amides is 1. The van der Waals surface area contributed by atoms with Gasteiger partial charge in [0.05, 0.1) is 19.2 Å². The summed E-state index contributed by atoms with van der Waals surface area (Å²) in [6, 6.07) is 17.3. The van der Waals surface area contributed by atoms with Gasteiger partial charge in [0.2, 0.25) is 5.91 Å². The molecule has 116 valence electrons. The zero-order chi connectivity index (χ0) is 16.1. The summed E-state index contributed by atoms with van der Waals surface area (Å²) in [5.41, 5.74) is 2.68. The summed E-state index contributed by atoms with van der Waals surface area (Å²) >= 11 is 1.40. The Morgan fingerprint density at radius 1 is 1.13 bits per heavy atom. The molecule has 3 rings (SSSR count). The number of aromatic nitrogens is 1. The van der Waals surface area contributed by atoms with Crippen molar-refractivity contribution in [2.75, 3.05) is 12.4 Å². The van der Waals surface area contributed by atoms with Crippen molar-refractivity contribution in [3.8, 4) is 17.0 Å². The first kappa shape index (κ1) is 15.2. The normalized spacial score (nSPS) is 10.3. The molecule has 0 spiro atoms. The number of nitrogens with zero attached hydrogens (tertiary/aromatic N) is 1. The smallest absolute Gasteiger partial charge is 0.230 e. The average molecular weight is 324 g/mol.